The number of benzene rings is 2. The molecule has 0 saturated heterocycles. The first-order chi connectivity index (χ1) is 12.2. The van der Waals surface area contributed by atoms with E-state index in [9.17, 15) is 4.79 Å². The summed E-state index contributed by atoms with van der Waals surface area (Å²) in [4.78, 5) is 17.4. The fraction of sp³-hybridized carbons (Fsp3) is 0.200. The predicted octanol–water partition coefficient (Wildman–Crippen LogP) is 3.73. The highest BCUT2D eigenvalue weighted by Crippen LogP contribution is 2.26. The van der Waals surface area contributed by atoms with E-state index in [1.807, 2.05) is 60.1 Å². The Bertz CT molecular complexity index is 1140. The number of aryl methyl sites for hydroxylation is 3. The molecule has 5 nitrogen and oxygen atoms in total. The number of para-hydroxylation sites is 1. The third-order valence-electron chi connectivity index (χ3n) is 5.05. The van der Waals surface area contributed by atoms with Crippen LogP contribution in [0.4, 0.5) is 5.69 Å². The summed E-state index contributed by atoms with van der Waals surface area (Å²) in [5, 5.41) is 4.07. The van der Waals surface area contributed by atoms with Gasteiger partial charge in [0.1, 0.15) is 11.5 Å². The molecule has 2 aromatic carbocycles. The first kappa shape index (κ1) is 14.3. The highest BCUT2D eigenvalue weighted by Gasteiger charge is 2.17. The van der Waals surface area contributed by atoms with Crippen LogP contribution < -0.4 is 5.32 Å². The third-order valence-corrected chi connectivity index (χ3v) is 5.05. The van der Waals surface area contributed by atoms with Gasteiger partial charge in [-0.2, -0.15) is 0 Å². The molecule has 5 heteroatoms. The second kappa shape index (κ2) is 5.21. The Morgan fingerprint density at radius 2 is 2.00 bits per heavy atom. The number of fused-ring (bicyclic) bond motifs is 4. The maximum Gasteiger partial charge on any atom is 0.272 e. The van der Waals surface area contributed by atoms with Crippen LogP contribution in [0.5, 0.6) is 0 Å². The molecule has 1 aliphatic rings. The molecule has 0 saturated carbocycles. The summed E-state index contributed by atoms with van der Waals surface area (Å²) in [6, 6.07) is 15.9. The van der Waals surface area contributed by atoms with Crippen LogP contribution >= 0.6 is 0 Å². The van der Waals surface area contributed by atoms with Gasteiger partial charge in [0.2, 0.25) is 0 Å². The van der Waals surface area contributed by atoms with E-state index in [1.165, 1.54) is 0 Å². The third kappa shape index (κ3) is 2.16. The number of amides is 1. The number of imidazole rings is 1. The van der Waals surface area contributed by atoms with Crippen LogP contribution in [0.3, 0.4) is 0 Å². The quantitative estimate of drug-likeness (QED) is 0.609. The smallest absolute Gasteiger partial charge is 0.272 e. The van der Waals surface area contributed by atoms with Crippen LogP contribution in [0.25, 0.3) is 21.9 Å². The molecule has 4 aromatic rings. The molecule has 0 fully saturated rings. The first-order valence-electron chi connectivity index (χ1n) is 8.56. The summed E-state index contributed by atoms with van der Waals surface area (Å²) in [7, 11) is 1.92. The Hall–Kier alpha value is -3.08. The molecule has 0 aliphatic carbocycles. The minimum Gasteiger partial charge on any atom is -0.340 e. The Morgan fingerprint density at radius 3 is 2.88 bits per heavy atom. The van der Waals surface area contributed by atoms with Crippen molar-refractivity contribution in [3.63, 3.8) is 0 Å². The van der Waals surface area contributed by atoms with Crippen molar-refractivity contribution in [1.29, 1.82) is 0 Å². The average molecular weight is 330 g/mol. The van der Waals surface area contributed by atoms with Crippen LogP contribution in [0, 0.1) is 0 Å². The molecule has 124 valence electrons. The zero-order chi connectivity index (χ0) is 17.0. The Labute approximate surface area is 144 Å². The summed E-state index contributed by atoms with van der Waals surface area (Å²) in [5.41, 5.74) is 4.57. The Balaban J connectivity index is 1.49. The largest absolute Gasteiger partial charge is 0.340 e. The predicted molar refractivity (Wildman–Crippen MR) is 98.9 cm³/mol. The number of aromatic nitrogens is 3. The Morgan fingerprint density at radius 1 is 1.12 bits per heavy atom. The van der Waals surface area contributed by atoms with Crippen molar-refractivity contribution >= 4 is 33.5 Å². The molecular weight excluding hydrogens is 312 g/mol. The van der Waals surface area contributed by atoms with Crippen molar-refractivity contribution in [2.75, 3.05) is 5.32 Å². The van der Waals surface area contributed by atoms with E-state index < -0.39 is 0 Å². The van der Waals surface area contributed by atoms with Gasteiger partial charge in [0.05, 0.1) is 11.0 Å². The van der Waals surface area contributed by atoms with Crippen LogP contribution in [0.2, 0.25) is 0 Å². The maximum absolute atomic E-state index is 12.7. The molecule has 0 bridgehead atoms. The number of hydrogen-bond donors (Lipinski definition) is 1. The molecule has 2 aromatic heterocycles. The zero-order valence-electron chi connectivity index (χ0n) is 14.0. The second-order valence-electron chi connectivity index (χ2n) is 6.59. The van der Waals surface area contributed by atoms with Crippen LogP contribution in [-0.2, 0) is 20.0 Å². The number of carbonyl (C=O) groups is 1. The lowest BCUT2D eigenvalue weighted by molar-refractivity contribution is 0.102. The minimum absolute atomic E-state index is 0.107. The van der Waals surface area contributed by atoms with Crippen LogP contribution in [0.15, 0.2) is 48.5 Å². The number of hydrogen-bond acceptors (Lipinski definition) is 2. The van der Waals surface area contributed by atoms with E-state index in [2.05, 4.69) is 9.88 Å². The Kier molecular flexibility index (Phi) is 2.98. The summed E-state index contributed by atoms with van der Waals surface area (Å²) in [6.07, 6.45) is 2.20. The molecule has 25 heavy (non-hydrogen) atoms. The maximum atomic E-state index is 12.7. The van der Waals surface area contributed by atoms with Crippen LogP contribution in [0.1, 0.15) is 22.7 Å². The molecule has 1 amide bonds. The normalized spacial score (nSPS) is 13.5. The number of carbonyl (C=O) groups excluding carboxylic acids is 1. The number of nitrogens with zero attached hydrogens (tertiary/aromatic N) is 3. The van der Waals surface area contributed by atoms with Crippen molar-refractivity contribution in [2.24, 2.45) is 7.05 Å². The summed E-state index contributed by atoms with van der Waals surface area (Å²) in [6.45, 7) is 1.04. The highest BCUT2D eigenvalue weighted by molar-refractivity contribution is 6.07. The highest BCUT2D eigenvalue weighted by atomic mass is 16.1. The fourth-order valence-corrected chi connectivity index (χ4v) is 3.79. The fourth-order valence-electron chi connectivity index (χ4n) is 3.79. The zero-order valence-corrected chi connectivity index (χ0v) is 14.0. The van der Waals surface area contributed by atoms with E-state index in [0.29, 0.717) is 5.69 Å². The second-order valence-corrected chi connectivity index (χ2v) is 6.59. The number of anilines is 1. The molecule has 1 N–H and O–H groups in total. The van der Waals surface area contributed by atoms with Gasteiger partial charge in [-0.05, 0) is 36.8 Å². The van der Waals surface area contributed by atoms with Gasteiger partial charge in [0.15, 0.2) is 0 Å². The van der Waals surface area contributed by atoms with Gasteiger partial charge in [-0.3, -0.25) is 4.79 Å². The van der Waals surface area contributed by atoms with Gasteiger partial charge < -0.3 is 14.5 Å². The van der Waals surface area contributed by atoms with Crippen molar-refractivity contribution in [3.8, 4) is 0 Å². The molecule has 3 heterocycles. The lowest BCUT2D eigenvalue weighted by Crippen LogP contribution is -2.15. The van der Waals surface area contributed by atoms with Gasteiger partial charge in [-0.15, -0.1) is 0 Å². The monoisotopic (exact) mass is 330 g/mol. The number of nitrogens with one attached hydrogen (secondary N) is 1. The molecule has 0 atom stereocenters. The first-order valence-corrected chi connectivity index (χ1v) is 8.56. The molecule has 0 radical (unpaired) electrons. The molecule has 5 rings (SSSR count). The minimum atomic E-state index is -0.107. The van der Waals surface area contributed by atoms with Gasteiger partial charge in [0.25, 0.3) is 5.91 Å². The summed E-state index contributed by atoms with van der Waals surface area (Å²) >= 11 is 0. The SMILES string of the molecule is Cn1c(C(=O)Nc2ccc3c(c2)nc2n3CCC2)cc2ccccc21. The number of rotatable bonds is 2. The summed E-state index contributed by atoms with van der Waals surface area (Å²) in [5.74, 6) is 1.04. The topological polar surface area (TPSA) is 51.9 Å². The van der Waals surface area contributed by atoms with E-state index in [-0.39, 0.29) is 5.91 Å². The molecule has 1 aliphatic heterocycles. The molecular formula is C20H18N4O. The lowest BCUT2D eigenvalue weighted by atomic mass is 10.2. The average Bonchev–Trinajstić information content (AvgIpc) is 3.28. The summed E-state index contributed by atoms with van der Waals surface area (Å²) < 4.78 is 4.19. The van der Waals surface area contributed by atoms with Crippen molar-refractivity contribution < 1.29 is 4.79 Å². The van der Waals surface area contributed by atoms with E-state index >= 15 is 0 Å². The molecule has 0 unspecified atom stereocenters. The van der Waals surface area contributed by atoms with Gasteiger partial charge in [-0.1, -0.05) is 18.2 Å². The van der Waals surface area contributed by atoms with E-state index in [1.54, 1.807) is 0 Å². The van der Waals surface area contributed by atoms with Gasteiger partial charge in [-0.25, -0.2) is 4.98 Å². The molecule has 0 spiro atoms. The van der Waals surface area contributed by atoms with Gasteiger partial charge in [0, 0.05) is 36.6 Å². The van der Waals surface area contributed by atoms with E-state index in [0.717, 1.165) is 52.8 Å². The van der Waals surface area contributed by atoms with Crippen LogP contribution in [-0.4, -0.2) is 20.0 Å². The lowest BCUT2D eigenvalue weighted by Gasteiger charge is -2.07. The standard InChI is InChI=1S/C20H18N4O/c1-23-16-6-3-2-5-13(16)11-18(23)20(25)21-14-8-9-17-15(12-14)22-19-7-4-10-24(17)19/h2-3,5-6,8-9,11-12H,4,7,10H2,1H3,(H,21,25). The van der Waals surface area contributed by atoms with Crippen molar-refractivity contribution in [3.05, 3.63) is 60.0 Å². The van der Waals surface area contributed by atoms with E-state index in [4.69, 9.17) is 4.98 Å². The van der Waals surface area contributed by atoms with Crippen molar-refractivity contribution in [2.45, 2.75) is 19.4 Å². The van der Waals surface area contributed by atoms with Crippen molar-refractivity contribution in [1.82, 2.24) is 14.1 Å². The van der Waals surface area contributed by atoms with Gasteiger partial charge >= 0.3 is 0 Å².